The van der Waals surface area contributed by atoms with Crippen LogP contribution in [0.4, 0.5) is 5.69 Å². The summed E-state index contributed by atoms with van der Waals surface area (Å²) >= 11 is 0. The van der Waals surface area contributed by atoms with E-state index in [1.165, 1.54) is 12.1 Å². The fourth-order valence-corrected chi connectivity index (χ4v) is 3.33. The number of nitrogens with one attached hydrogen (secondary N) is 2. The van der Waals surface area contributed by atoms with E-state index in [0.29, 0.717) is 11.2 Å². The highest BCUT2D eigenvalue weighted by molar-refractivity contribution is 7.92. The number of aromatic carboxylic acids is 1. The number of hydrogen-bond acceptors (Lipinski definition) is 4. The Morgan fingerprint density at radius 1 is 1.08 bits per heavy atom. The number of benzene rings is 2. The molecule has 0 bridgehead atoms. The Kier molecular flexibility index (Phi) is 3.82. The SMILES string of the molecule is O=C(O)c1c[nH]c2ccc(S(=O)(=O)Nc3ccccc3)cc2c1=O. The lowest BCUT2D eigenvalue weighted by molar-refractivity contribution is 0.0695. The summed E-state index contributed by atoms with van der Waals surface area (Å²) in [6, 6.07) is 12.2. The first-order chi connectivity index (χ1) is 11.4. The number of para-hydroxylation sites is 1. The van der Waals surface area contributed by atoms with Crippen molar-refractivity contribution in [3.05, 3.63) is 70.5 Å². The molecule has 3 rings (SSSR count). The first kappa shape index (κ1) is 15.8. The van der Waals surface area contributed by atoms with E-state index in [9.17, 15) is 18.0 Å². The Hall–Kier alpha value is -3.13. The van der Waals surface area contributed by atoms with E-state index in [2.05, 4.69) is 9.71 Å². The summed E-state index contributed by atoms with van der Waals surface area (Å²) in [7, 11) is -3.90. The van der Waals surface area contributed by atoms with Gasteiger partial charge in [-0.3, -0.25) is 9.52 Å². The Balaban J connectivity index is 2.11. The molecule has 0 unspecified atom stereocenters. The van der Waals surface area contributed by atoms with Crippen LogP contribution in [0.25, 0.3) is 10.9 Å². The number of hydrogen-bond donors (Lipinski definition) is 3. The van der Waals surface area contributed by atoms with E-state index in [0.717, 1.165) is 12.3 Å². The van der Waals surface area contributed by atoms with Gasteiger partial charge in [0.15, 0.2) is 0 Å². The lowest BCUT2D eigenvalue weighted by atomic mass is 10.1. The number of H-pyrrole nitrogens is 1. The van der Waals surface area contributed by atoms with Gasteiger partial charge in [-0.15, -0.1) is 0 Å². The minimum Gasteiger partial charge on any atom is -0.477 e. The van der Waals surface area contributed by atoms with E-state index in [4.69, 9.17) is 5.11 Å². The van der Waals surface area contributed by atoms with E-state index < -0.39 is 27.0 Å². The van der Waals surface area contributed by atoms with Crippen LogP contribution >= 0.6 is 0 Å². The molecule has 3 N–H and O–H groups in total. The van der Waals surface area contributed by atoms with Crippen molar-refractivity contribution in [2.24, 2.45) is 0 Å². The number of carboxylic acids is 1. The molecule has 0 fully saturated rings. The molecule has 1 aromatic heterocycles. The van der Waals surface area contributed by atoms with Crippen molar-refractivity contribution in [1.29, 1.82) is 0 Å². The second-order valence-corrected chi connectivity index (χ2v) is 6.70. The standard InChI is InChI=1S/C16H12N2O5S/c19-15-12-8-11(6-7-14(12)17-9-13(15)16(20)21)24(22,23)18-10-4-2-1-3-5-10/h1-9,18H,(H,17,19)(H,20,21). The van der Waals surface area contributed by atoms with Crippen molar-refractivity contribution in [2.45, 2.75) is 4.90 Å². The van der Waals surface area contributed by atoms with Crippen LogP contribution in [-0.4, -0.2) is 24.5 Å². The van der Waals surface area contributed by atoms with Gasteiger partial charge in [-0.1, -0.05) is 18.2 Å². The molecule has 0 aliphatic carbocycles. The second-order valence-electron chi connectivity index (χ2n) is 5.02. The van der Waals surface area contributed by atoms with Crippen molar-refractivity contribution >= 4 is 32.6 Å². The zero-order valence-electron chi connectivity index (χ0n) is 12.2. The molecule has 8 heteroatoms. The van der Waals surface area contributed by atoms with Crippen LogP contribution in [0.1, 0.15) is 10.4 Å². The Morgan fingerprint density at radius 2 is 1.79 bits per heavy atom. The lowest BCUT2D eigenvalue weighted by Crippen LogP contribution is -2.17. The highest BCUT2D eigenvalue weighted by Crippen LogP contribution is 2.19. The molecule has 0 aliphatic heterocycles. The zero-order valence-corrected chi connectivity index (χ0v) is 13.0. The lowest BCUT2D eigenvalue weighted by Gasteiger charge is -2.09. The summed E-state index contributed by atoms with van der Waals surface area (Å²) in [4.78, 5) is 25.8. The monoisotopic (exact) mass is 344 g/mol. The molecule has 0 spiro atoms. The summed E-state index contributed by atoms with van der Waals surface area (Å²) in [6.07, 6.45) is 1.09. The maximum atomic E-state index is 12.4. The molecular formula is C16H12N2O5S. The van der Waals surface area contributed by atoms with Gasteiger partial charge in [0.25, 0.3) is 10.0 Å². The highest BCUT2D eigenvalue weighted by atomic mass is 32.2. The first-order valence-corrected chi connectivity index (χ1v) is 8.33. The number of pyridine rings is 1. The predicted molar refractivity (Wildman–Crippen MR) is 88.8 cm³/mol. The molecule has 3 aromatic rings. The smallest absolute Gasteiger partial charge is 0.341 e. The fraction of sp³-hybridized carbons (Fsp3) is 0. The van der Waals surface area contributed by atoms with Crippen LogP contribution in [0.3, 0.4) is 0 Å². The number of carboxylic acid groups (broad SMARTS) is 1. The van der Waals surface area contributed by atoms with Gasteiger partial charge in [0, 0.05) is 22.8 Å². The van der Waals surface area contributed by atoms with Crippen molar-refractivity contribution < 1.29 is 18.3 Å². The quantitative estimate of drug-likeness (QED) is 0.669. The van der Waals surface area contributed by atoms with E-state index in [1.54, 1.807) is 30.3 Å². The number of anilines is 1. The molecule has 1 heterocycles. The van der Waals surface area contributed by atoms with E-state index >= 15 is 0 Å². The summed E-state index contributed by atoms with van der Waals surface area (Å²) in [5.74, 6) is -1.38. The third kappa shape index (κ3) is 2.86. The molecule has 2 aromatic carbocycles. The van der Waals surface area contributed by atoms with Crippen LogP contribution in [0.2, 0.25) is 0 Å². The Morgan fingerprint density at radius 3 is 2.46 bits per heavy atom. The van der Waals surface area contributed by atoms with Crippen molar-refractivity contribution in [2.75, 3.05) is 4.72 Å². The normalized spacial score (nSPS) is 11.3. The minimum atomic E-state index is -3.90. The van der Waals surface area contributed by atoms with Gasteiger partial charge in [-0.25, -0.2) is 13.2 Å². The second kappa shape index (κ2) is 5.82. The molecule has 0 amide bonds. The van der Waals surface area contributed by atoms with Crippen LogP contribution in [0, 0.1) is 0 Å². The summed E-state index contributed by atoms with van der Waals surface area (Å²) in [5, 5.41) is 8.99. The molecule has 0 atom stereocenters. The Bertz CT molecular complexity index is 1090. The Labute approximate surface area is 136 Å². The number of rotatable bonds is 4. The average molecular weight is 344 g/mol. The fourth-order valence-electron chi connectivity index (χ4n) is 2.24. The van der Waals surface area contributed by atoms with Gasteiger partial charge in [0.1, 0.15) is 5.56 Å². The molecule has 0 radical (unpaired) electrons. The summed E-state index contributed by atoms with van der Waals surface area (Å²) in [6.45, 7) is 0. The summed E-state index contributed by atoms with van der Waals surface area (Å²) < 4.78 is 27.3. The molecule has 122 valence electrons. The van der Waals surface area contributed by atoms with Gasteiger partial charge < -0.3 is 10.1 Å². The molecular weight excluding hydrogens is 332 g/mol. The largest absolute Gasteiger partial charge is 0.477 e. The van der Waals surface area contributed by atoms with E-state index in [-0.39, 0.29) is 10.3 Å². The van der Waals surface area contributed by atoms with E-state index in [1.807, 2.05) is 0 Å². The molecule has 7 nitrogen and oxygen atoms in total. The van der Waals surface area contributed by atoms with Crippen LogP contribution < -0.4 is 10.2 Å². The van der Waals surface area contributed by atoms with Gasteiger partial charge in [0.2, 0.25) is 5.43 Å². The number of carbonyl (C=O) groups is 1. The van der Waals surface area contributed by atoms with Crippen molar-refractivity contribution in [1.82, 2.24) is 4.98 Å². The maximum absolute atomic E-state index is 12.4. The maximum Gasteiger partial charge on any atom is 0.341 e. The molecule has 24 heavy (non-hydrogen) atoms. The van der Waals surface area contributed by atoms with Gasteiger partial charge in [0.05, 0.1) is 4.90 Å². The van der Waals surface area contributed by atoms with Gasteiger partial charge in [-0.05, 0) is 30.3 Å². The molecule has 0 aliphatic rings. The van der Waals surface area contributed by atoms with Crippen molar-refractivity contribution in [3.8, 4) is 0 Å². The number of fused-ring (bicyclic) bond motifs is 1. The molecule has 0 saturated heterocycles. The minimum absolute atomic E-state index is 0.00848. The zero-order chi connectivity index (χ0) is 17.3. The number of aromatic amines is 1. The number of sulfonamides is 1. The third-order valence-electron chi connectivity index (χ3n) is 3.42. The topological polar surface area (TPSA) is 116 Å². The van der Waals surface area contributed by atoms with Crippen LogP contribution in [0.5, 0.6) is 0 Å². The van der Waals surface area contributed by atoms with Gasteiger partial charge >= 0.3 is 5.97 Å². The number of aromatic nitrogens is 1. The van der Waals surface area contributed by atoms with Crippen LogP contribution in [-0.2, 0) is 10.0 Å². The molecule has 0 saturated carbocycles. The summed E-state index contributed by atoms with van der Waals surface area (Å²) in [5.41, 5.74) is -0.462. The third-order valence-corrected chi connectivity index (χ3v) is 4.80. The van der Waals surface area contributed by atoms with Crippen LogP contribution in [0.15, 0.2) is 64.4 Å². The highest BCUT2D eigenvalue weighted by Gasteiger charge is 2.17. The van der Waals surface area contributed by atoms with Crippen molar-refractivity contribution in [3.63, 3.8) is 0 Å². The van der Waals surface area contributed by atoms with Gasteiger partial charge in [-0.2, -0.15) is 0 Å². The average Bonchev–Trinajstić information content (AvgIpc) is 2.55. The predicted octanol–water partition coefficient (Wildman–Crippen LogP) is 2.03. The first-order valence-electron chi connectivity index (χ1n) is 6.85.